The second-order valence-electron chi connectivity index (χ2n) is 8.75. The van der Waals surface area contributed by atoms with Crippen LogP contribution in [-0.4, -0.2) is 47.3 Å². The Labute approximate surface area is 223 Å². The van der Waals surface area contributed by atoms with Crippen LogP contribution in [0.15, 0.2) is 54.7 Å². The first-order chi connectivity index (χ1) is 18.2. The lowest BCUT2D eigenvalue weighted by Gasteiger charge is -2.32. The highest BCUT2D eigenvalue weighted by Crippen LogP contribution is 2.35. The fourth-order valence-corrected chi connectivity index (χ4v) is 4.98. The first kappa shape index (κ1) is 26.7. The Morgan fingerprint density at radius 1 is 1.13 bits per heavy atom. The number of methoxy groups -OCH3 is 1. The summed E-state index contributed by atoms with van der Waals surface area (Å²) in [5, 5.41) is 3.67. The highest BCUT2D eigenvalue weighted by molar-refractivity contribution is 7.09. The van der Waals surface area contributed by atoms with Crippen molar-refractivity contribution in [3.63, 3.8) is 0 Å². The molecule has 2 heterocycles. The van der Waals surface area contributed by atoms with Gasteiger partial charge in [0, 0.05) is 30.9 Å². The van der Waals surface area contributed by atoms with Crippen LogP contribution < -0.4 is 21.7 Å². The lowest BCUT2D eigenvalue weighted by Crippen LogP contribution is -2.45. The topological polar surface area (TPSA) is 154 Å². The van der Waals surface area contributed by atoms with E-state index in [1.807, 2.05) is 38.1 Å². The van der Waals surface area contributed by atoms with Crippen LogP contribution >= 0.6 is 11.5 Å². The standard InChI is InChI=1S/C27H28N6O4S/c1-15-6-9-20(16(2)13-15)33(27(36)24-21(28)22(25(29)34)32-38-24)23(26(35)31-11-12-37-3)18-7-8-19-17(14-18)5-4-10-30-19/h4-10,13-14,23H,11-12,28H2,1-3H3,(H2,29,34)(H,31,35)/t23-/m0/s1. The van der Waals surface area contributed by atoms with Gasteiger partial charge < -0.3 is 21.5 Å². The van der Waals surface area contributed by atoms with Crippen molar-refractivity contribution in [2.75, 3.05) is 30.9 Å². The Kier molecular flexibility index (Phi) is 7.99. The largest absolute Gasteiger partial charge is 0.395 e. The number of hydrogen-bond acceptors (Lipinski definition) is 8. The molecule has 0 aliphatic carbocycles. The number of carbonyl (C=O) groups is 3. The molecule has 10 nitrogen and oxygen atoms in total. The quantitative estimate of drug-likeness (QED) is 0.280. The number of primary amides is 1. The van der Waals surface area contributed by atoms with Crippen LogP contribution in [0.25, 0.3) is 10.9 Å². The van der Waals surface area contributed by atoms with Gasteiger partial charge in [-0.15, -0.1) is 0 Å². The molecule has 0 radical (unpaired) electrons. The lowest BCUT2D eigenvalue weighted by atomic mass is 9.99. The molecule has 5 N–H and O–H groups in total. The van der Waals surface area contributed by atoms with Crippen LogP contribution in [0, 0.1) is 13.8 Å². The van der Waals surface area contributed by atoms with Crippen molar-refractivity contribution < 1.29 is 19.1 Å². The van der Waals surface area contributed by atoms with E-state index in [-0.39, 0.29) is 22.8 Å². The van der Waals surface area contributed by atoms with Gasteiger partial charge in [0.15, 0.2) is 5.69 Å². The minimum Gasteiger partial charge on any atom is -0.395 e. The molecule has 2 aromatic carbocycles. The Morgan fingerprint density at radius 3 is 2.61 bits per heavy atom. The summed E-state index contributed by atoms with van der Waals surface area (Å²) in [5.41, 5.74) is 14.8. The van der Waals surface area contributed by atoms with E-state index in [0.717, 1.165) is 33.6 Å². The predicted molar refractivity (Wildman–Crippen MR) is 147 cm³/mol. The Balaban J connectivity index is 1.93. The van der Waals surface area contributed by atoms with Gasteiger partial charge in [0.05, 0.1) is 17.8 Å². The lowest BCUT2D eigenvalue weighted by molar-refractivity contribution is -0.122. The number of nitrogen functional groups attached to an aromatic ring is 1. The van der Waals surface area contributed by atoms with Gasteiger partial charge in [0.25, 0.3) is 11.8 Å². The van der Waals surface area contributed by atoms with E-state index < -0.39 is 23.8 Å². The fraction of sp³-hybridized carbons (Fsp3) is 0.222. The number of amides is 3. The van der Waals surface area contributed by atoms with Crippen LogP contribution in [0.4, 0.5) is 11.4 Å². The van der Waals surface area contributed by atoms with E-state index in [0.29, 0.717) is 17.9 Å². The molecule has 196 valence electrons. The van der Waals surface area contributed by atoms with Crippen LogP contribution in [0.3, 0.4) is 0 Å². The minimum absolute atomic E-state index is 0.0101. The number of hydrogen-bond donors (Lipinski definition) is 3. The average Bonchev–Trinajstić information content (AvgIpc) is 3.28. The summed E-state index contributed by atoms with van der Waals surface area (Å²) < 4.78 is 9.10. The molecule has 11 heteroatoms. The Morgan fingerprint density at radius 2 is 1.92 bits per heavy atom. The molecule has 0 saturated heterocycles. The smallest absolute Gasteiger partial charge is 0.273 e. The van der Waals surface area contributed by atoms with Gasteiger partial charge in [0.2, 0.25) is 5.91 Å². The maximum atomic E-state index is 14.2. The van der Waals surface area contributed by atoms with Gasteiger partial charge in [-0.25, -0.2) is 0 Å². The molecule has 2 aromatic heterocycles. The van der Waals surface area contributed by atoms with Crippen molar-refractivity contribution in [2.45, 2.75) is 19.9 Å². The zero-order valence-corrected chi connectivity index (χ0v) is 22.0. The minimum atomic E-state index is -1.09. The molecule has 0 bridgehead atoms. The van der Waals surface area contributed by atoms with Crippen molar-refractivity contribution in [1.29, 1.82) is 0 Å². The zero-order chi connectivity index (χ0) is 27.4. The maximum Gasteiger partial charge on any atom is 0.273 e. The molecule has 0 fully saturated rings. The number of pyridine rings is 1. The highest BCUT2D eigenvalue weighted by Gasteiger charge is 2.36. The predicted octanol–water partition coefficient (Wildman–Crippen LogP) is 3.14. The molecule has 38 heavy (non-hydrogen) atoms. The molecule has 1 atom stereocenters. The molecule has 0 aliphatic rings. The molecule has 4 aromatic rings. The number of nitrogens with two attached hydrogens (primary N) is 2. The molecule has 4 rings (SSSR count). The normalized spacial score (nSPS) is 11.8. The number of fused-ring (bicyclic) bond motifs is 1. The monoisotopic (exact) mass is 532 g/mol. The second kappa shape index (κ2) is 11.4. The van der Waals surface area contributed by atoms with Crippen molar-refractivity contribution in [1.82, 2.24) is 14.7 Å². The number of ether oxygens (including phenoxy) is 1. The Hall–Kier alpha value is -4.35. The first-order valence-corrected chi connectivity index (χ1v) is 12.6. The van der Waals surface area contributed by atoms with Gasteiger partial charge in [-0.05, 0) is 60.8 Å². The summed E-state index contributed by atoms with van der Waals surface area (Å²) in [4.78, 5) is 45.6. The number of nitrogens with one attached hydrogen (secondary N) is 1. The molecular weight excluding hydrogens is 504 g/mol. The van der Waals surface area contributed by atoms with E-state index in [1.165, 1.54) is 12.0 Å². The first-order valence-electron chi connectivity index (χ1n) is 11.8. The second-order valence-corrected chi connectivity index (χ2v) is 9.52. The van der Waals surface area contributed by atoms with Gasteiger partial charge in [-0.2, -0.15) is 4.37 Å². The van der Waals surface area contributed by atoms with Crippen LogP contribution in [0.5, 0.6) is 0 Å². The third kappa shape index (κ3) is 5.34. The van der Waals surface area contributed by atoms with E-state index in [4.69, 9.17) is 16.2 Å². The van der Waals surface area contributed by atoms with Gasteiger partial charge in [0.1, 0.15) is 10.9 Å². The van der Waals surface area contributed by atoms with Crippen molar-refractivity contribution >= 4 is 51.5 Å². The highest BCUT2D eigenvalue weighted by atomic mass is 32.1. The molecule has 0 spiro atoms. The third-order valence-electron chi connectivity index (χ3n) is 6.04. The number of rotatable bonds is 9. The molecular formula is C27H28N6O4S. The van der Waals surface area contributed by atoms with Gasteiger partial charge >= 0.3 is 0 Å². The van der Waals surface area contributed by atoms with Crippen molar-refractivity contribution in [3.8, 4) is 0 Å². The van der Waals surface area contributed by atoms with Crippen LogP contribution in [0.1, 0.15) is 42.9 Å². The number of aromatic nitrogens is 2. The van der Waals surface area contributed by atoms with Crippen LogP contribution in [0.2, 0.25) is 0 Å². The summed E-state index contributed by atoms with van der Waals surface area (Å²) in [7, 11) is 1.54. The maximum absolute atomic E-state index is 14.2. The van der Waals surface area contributed by atoms with E-state index >= 15 is 0 Å². The number of benzene rings is 2. The van der Waals surface area contributed by atoms with Crippen LogP contribution in [-0.2, 0) is 9.53 Å². The number of aryl methyl sites for hydroxylation is 2. The van der Waals surface area contributed by atoms with Crippen molar-refractivity contribution in [2.24, 2.45) is 5.73 Å². The van der Waals surface area contributed by atoms with E-state index in [2.05, 4.69) is 14.7 Å². The molecule has 0 saturated carbocycles. The third-order valence-corrected chi connectivity index (χ3v) is 6.89. The Bertz CT molecular complexity index is 1520. The van der Waals surface area contributed by atoms with E-state index in [9.17, 15) is 14.4 Å². The molecule has 0 aliphatic heterocycles. The zero-order valence-electron chi connectivity index (χ0n) is 21.2. The SMILES string of the molecule is COCCNC(=O)[C@H](c1ccc2ncccc2c1)N(C(=O)c1snc(C(N)=O)c1N)c1ccc(C)cc1C. The van der Waals surface area contributed by atoms with Gasteiger partial charge in [-0.1, -0.05) is 29.8 Å². The van der Waals surface area contributed by atoms with Gasteiger partial charge in [-0.3, -0.25) is 24.3 Å². The molecule has 3 amide bonds. The fourth-order valence-electron chi connectivity index (χ4n) is 4.23. The summed E-state index contributed by atoms with van der Waals surface area (Å²) in [6, 6.07) is 13.6. The summed E-state index contributed by atoms with van der Waals surface area (Å²) in [5.74, 6) is -1.85. The van der Waals surface area contributed by atoms with E-state index in [1.54, 1.807) is 30.5 Å². The van der Waals surface area contributed by atoms with Crippen molar-refractivity contribution in [3.05, 3.63) is 82.0 Å². The summed E-state index contributed by atoms with van der Waals surface area (Å²) in [6.45, 7) is 4.33. The number of carbonyl (C=O) groups excluding carboxylic acids is 3. The average molecular weight is 533 g/mol. The number of nitrogens with zero attached hydrogens (tertiary/aromatic N) is 3. The molecule has 0 unspecified atom stereocenters. The number of anilines is 2. The summed E-state index contributed by atoms with van der Waals surface area (Å²) in [6.07, 6.45) is 1.69. The summed E-state index contributed by atoms with van der Waals surface area (Å²) >= 11 is 0.764.